The molecule has 1 aliphatic carbocycles. The number of hydrogen-bond donors (Lipinski definition) is 0. The van der Waals surface area contributed by atoms with Crippen molar-refractivity contribution < 1.29 is 22.3 Å². The molecule has 0 N–H and O–H groups in total. The molecule has 14 heavy (non-hydrogen) atoms. The minimum Gasteiger partial charge on any atom is -0.407 e. The highest BCUT2D eigenvalue weighted by molar-refractivity contribution is 5.31. The summed E-state index contributed by atoms with van der Waals surface area (Å²) in [4.78, 5) is 0. The van der Waals surface area contributed by atoms with Crippen LogP contribution in [0.4, 0.5) is 17.6 Å². The fourth-order valence-electron chi connectivity index (χ4n) is 1.01. The number of hydrogen-bond acceptors (Lipinski definition) is 1. The van der Waals surface area contributed by atoms with Crippen LogP contribution in [-0.2, 0) is 4.74 Å². The molecule has 78 valence electrons. The zero-order chi connectivity index (χ0) is 10.8. The van der Waals surface area contributed by atoms with Crippen LogP contribution in [0.15, 0.2) is 35.4 Å². The van der Waals surface area contributed by atoms with Gasteiger partial charge in [0.1, 0.15) is 5.76 Å². The zero-order valence-electron chi connectivity index (χ0n) is 7.36. The average Bonchev–Trinajstić information content (AvgIpc) is 2.11. The molecule has 0 aromatic carbocycles. The maximum atomic E-state index is 13.0. The molecule has 0 heterocycles. The van der Waals surface area contributed by atoms with E-state index < -0.39 is 17.9 Å². The van der Waals surface area contributed by atoms with E-state index in [0.717, 1.165) is 6.08 Å². The highest BCUT2D eigenvalue weighted by Gasteiger charge is 2.33. The van der Waals surface area contributed by atoms with Crippen molar-refractivity contribution in [1.29, 1.82) is 0 Å². The number of ether oxygens (including phenoxy) is 1. The van der Waals surface area contributed by atoms with Crippen LogP contribution < -0.4 is 0 Å². The molecule has 0 amide bonds. The van der Waals surface area contributed by atoms with E-state index in [0.29, 0.717) is 5.57 Å². The lowest BCUT2D eigenvalue weighted by Crippen LogP contribution is -2.13. The van der Waals surface area contributed by atoms with Crippen molar-refractivity contribution in [3.8, 4) is 0 Å². The third-order valence-corrected chi connectivity index (χ3v) is 1.54. The van der Waals surface area contributed by atoms with Gasteiger partial charge >= 0.3 is 6.36 Å². The van der Waals surface area contributed by atoms with Crippen molar-refractivity contribution >= 4 is 0 Å². The fraction of sp³-hybridized carbons (Fsp3) is 0.333. The maximum Gasteiger partial charge on any atom is 0.572 e. The van der Waals surface area contributed by atoms with E-state index in [2.05, 4.69) is 4.74 Å². The van der Waals surface area contributed by atoms with Gasteiger partial charge in [-0.3, -0.25) is 0 Å². The summed E-state index contributed by atoms with van der Waals surface area (Å²) in [5.74, 6) is -1.68. The largest absolute Gasteiger partial charge is 0.572 e. The lowest BCUT2D eigenvalue weighted by Gasteiger charge is -2.10. The maximum absolute atomic E-state index is 13.0. The van der Waals surface area contributed by atoms with E-state index in [-0.39, 0.29) is 6.42 Å². The van der Waals surface area contributed by atoms with Crippen LogP contribution in [0.5, 0.6) is 0 Å². The highest BCUT2D eigenvalue weighted by Crippen LogP contribution is 2.27. The van der Waals surface area contributed by atoms with Gasteiger partial charge in [-0.15, -0.1) is 13.2 Å². The molecule has 0 aromatic heterocycles. The summed E-state index contributed by atoms with van der Waals surface area (Å²) in [6.07, 6.45) is -1.08. The fourth-order valence-corrected chi connectivity index (χ4v) is 1.01. The first-order valence-corrected chi connectivity index (χ1v) is 3.88. The predicted octanol–water partition coefficient (Wildman–Crippen LogP) is 3.61. The van der Waals surface area contributed by atoms with Gasteiger partial charge in [0.05, 0.1) is 0 Å². The van der Waals surface area contributed by atoms with E-state index in [9.17, 15) is 17.6 Å². The van der Waals surface area contributed by atoms with Gasteiger partial charge in [0.15, 0.2) is 5.83 Å². The Morgan fingerprint density at radius 1 is 1.36 bits per heavy atom. The van der Waals surface area contributed by atoms with Crippen LogP contribution >= 0.6 is 0 Å². The molecule has 0 radical (unpaired) electrons. The standard InChI is InChI=1S/C9H8F4O/c1-6-3-2-4-8(7(10)5-6)14-9(11,12)13/h2-3,5H,4H2,1H3. The molecule has 0 unspecified atom stereocenters. The van der Waals surface area contributed by atoms with Gasteiger partial charge in [-0.2, -0.15) is 0 Å². The van der Waals surface area contributed by atoms with Gasteiger partial charge in [-0.05, 0) is 18.6 Å². The Bertz CT molecular complexity index is 309. The minimum atomic E-state index is -4.84. The Morgan fingerprint density at radius 3 is 2.57 bits per heavy atom. The second kappa shape index (κ2) is 3.86. The quantitative estimate of drug-likeness (QED) is 0.598. The zero-order valence-corrected chi connectivity index (χ0v) is 7.36. The molecule has 0 saturated carbocycles. The van der Waals surface area contributed by atoms with Crippen LogP contribution in [-0.4, -0.2) is 6.36 Å². The van der Waals surface area contributed by atoms with Crippen molar-refractivity contribution in [3.05, 3.63) is 35.4 Å². The van der Waals surface area contributed by atoms with Gasteiger partial charge in [0.25, 0.3) is 0 Å². The molecule has 1 nitrogen and oxygen atoms in total. The van der Waals surface area contributed by atoms with Crippen LogP contribution in [0, 0.1) is 0 Å². The lowest BCUT2D eigenvalue weighted by atomic mass is 10.3. The van der Waals surface area contributed by atoms with Gasteiger partial charge in [-0.1, -0.05) is 12.2 Å². The first-order valence-electron chi connectivity index (χ1n) is 3.88. The van der Waals surface area contributed by atoms with E-state index in [4.69, 9.17) is 0 Å². The Labute approximate surface area is 78.4 Å². The second-order valence-electron chi connectivity index (χ2n) is 2.81. The van der Waals surface area contributed by atoms with Crippen LogP contribution in [0.3, 0.4) is 0 Å². The van der Waals surface area contributed by atoms with Crippen LogP contribution in [0.25, 0.3) is 0 Å². The average molecular weight is 208 g/mol. The molecule has 0 bridgehead atoms. The predicted molar refractivity (Wildman–Crippen MR) is 42.8 cm³/mol. The normalized spacial score (nSPS) is 17.9. The molecule has 0 aromatic rings. The van der Waals surface area contributed by atoms with Crippen molar-refractivity contribution in [3.63, 3.8) is 0 Å². The number of rotatable bonds is 1. The van der Waals surface area contributed by atoms with E-state index in [1.807, 2.05) is 0 Å². The molecule has 1 aliphatic rings. The summed E-state index contributed by atoms with van der Waals surface area (Å²) in [7, 11) is 0. The van der Waals surface area contributed by atoms with Crippen molar-refractivity contribution in [2.75, 3.05) is 0 Å². The molecule has 0 spiro atoms. The molecule has 0 fully saturated rings. The first kappa shape index (κ1) is 10.8. The van der Waals surface area contributed by atoms with E-state index in [1.54, 1.807) is 6.92 Å². The Balaban J connectivity index is 2.87. The van der Waals surface area contributed by atoms with Crippen LogP contribution in [0.2, 0.25) is 0 Å². The van der Waals surface area contributed by atoms with Gasteiger partial charge in [-0.25, -0.2) is 4.39 Å². The molecular weight excluding hydrogens is 200 g/mol. The SMILES string of the molecule is CC1=CC(F)=C(OC(F)(F)F)CC=C1. The summed E-state index contributed by atoms with van der Waals surface area (Å²) < 4.78 is 51.9. The monoisotopic (exact) mass is 208 g/mol. The topological polar surface area (TPSA) is 9.23 Å². The molecule has 0 saturated heterocycles. The van der Waals surface area contributed by atoms with Crippen molar-refractivity contribution in [1.82, 2.24) is 0 Å². The molecule has 5 heteroatoms. The smallest absolute Gasteiger partial charge is 0.407 e. The Hall–Kier alpha value is -1.26. The van der Waals surface area contributed by atoms with Crippen molar-refractivity contribution in [2.45, 2.75) is 19.7 Å². The molecule has 1 rings (SSSR count). The number of allylic oxidation sites excluding steroid dienone is 5. The summed E-state index contributed by atoms with van der Waals surface area (Å²) in [5.41, 5.74) is 0.545. The summed E-state index contributed by atoms with van der Waals surface area (Å²) in [6, 6.07) is 0. The minimum absolute atomic E-state index is 0.195. The highest BCUT2D eigenvalue weighted by atomic mass is 19.4. The molecule has 0 atom stereocenters. The number of alkyl halides is 3. The van der Waals surface area contributed by atoms with Gasteiger partial charge in [0, 0.05) is 6.42 Å². The lowest BCUT2D eigenvalue weighted by molar-refractivity contribution is -0.306. The summed E-state index contributed by atoms with van der Waals surface area (Å²) in [6.45, 7) is 1.59. The van der Waals surface area contributed by atoms with Crippen molar-refractivity contribution in [2.24, 2.45) is 0 Å². The number of halogens is 4. The Morgan fingerprint density at radius 2 is 2.00 bits per heavy atom. The van der Waals surface area contributed by atoms with E-state index >= 15 is 0 Å². The molecule has 0 aliphatic heterocycles. The summed E-state index contributed by atoms with van der Waals surface area (Å²) >= 11 is 0. The second-order valence-corrected chi connectivity index (χ2v) is 2.81. The van der Waals surface area contributed by atoms with Gasteiger partial charge < -0.3 is 4.74 Å². The third-order valence-electron chi connectivity index (χ3n) is 1.54. The summed E-state index contributed by atoms with van der Waals surface area (Å²) in [5, 5.41) is 0. The third kappa shape index (κ3) is 3.24. The Kier molecular flexibility index (Phi) is 2.98. The first-order chi connectivity index (χ1) is 6.38. The van der Waals surface area contributed by atoms with Crippen LogP contribution in [0.1, 0.15) is 13.3 Å². The van der Waals surface area contributed by atoms with Gasteiger partial charge in [0.2, 0.25) is 0 Å². The van der Waals surface area contributed by atoms with E-state index in [1.165, 1.54) is 12.2 Å². The molecular formula is C9H8F4O.